The summed E-state index contributed by atoms with van der Waals surface area (Å²) < 4.78 is 16.0. The quantitative estimate of drug-likeness (QED) is 0.569. The van der Waals surface area contributed by atoms with E-state index in [1.165, 1.54) is 18.4 Å². The lowest BCUT2D eigenvalue weighted by molar-refractivity contribution is -0.121. The summed E-state index contributed by atoms with van der Waals surface area (Å²) in [6.07, 6.45) is 0.560. The van der Waals surface area contributed by atoms with Crippen LogP contribution in [0.2, 0.25) is 0 Å². The fourth-order valence-electron chi connectivity index (χ4n) is 3.18. The van der Waals surface area contributed by atoms with Gasteiger partial charge >= 0.3 is 0 Å². The maximum Gasteiger partial charge on any atom is 0.259 e. The van der Waals surface area contributed by atoms with Crippen LogP contribution in [0, 0.1) is 13.8 Å². The largest absolute Gasteiger partial charge is 0.493 e. The highest BCUT2D eigenvalue weighted by molar-refractivity contribution is 7.18. The fourth-order valence-corrected chi connectivity index (χ4v) is 4.22. The molecule has 9 heteroatoms. The van der Waals surface area contributed by atoms with Crippen LogP contribution in [0.5, 0.6) is 17.2 Å². The number of amides is 1. The number of rotatable bonds is 8. The molecule has 2 N–H and O–H groups in total. The first-order valence-corrected chi connectivity index (χ1v) is 10.2. The maximum absolute atomic E-state index is 12.3. The lowest BCUT2D eigenvalue weighted by atomic mass is 10.1. The molecule has 0 fully saturated rings. The number of benzene rings is 1. The van der Waals surface area contributed by atoms with Gasteiger partial charge < -0.3 is 24.5 Å². The van der Waals surface area contributed by atoms with Crippen molar-refractivity contribution >= 4 is 27.5 Å². The topological polar surface area (TPSA) is 103 Å². The summed E-state index contributed by atoms with van der Waals surface area (Å²) in [5, 5.41) is 3.50. The van der Waals surface area contributed by atoms with Gasteiger partial charge in [-0.25, -0.2) is 4.98 Å². The molecule has 0 saturated carbocycles. The molecule has 0 aliphatic rings. The van der Waals surface area contributed by atoms with Crippen molar-refractivity contribution in [2.24, 2.45) is 0 Å². The van der Waals surface area contributed by atoms with E-state index in [4.69, 9.17) is 14.2 Å². The van der Waals surface area contributed by atoms with Crippen molar-refractivity contribution in [2.45, 2.75) is 33.2 Å². The SMILES string of the molecule is COc1cc(CNC(=O)CCc2nc3sc(C)c(C)c3c(=O)[nH]2)cc(OC)c1OC. The van der Waals surface area contributed by atoms with Crippen molar-refractivity contribution in [3.63, 3.8) is 0 Å². The predicted molar refractivity (Wildman–Crippen MR) is 116 cm³/mol. The van der Waals surface area contributed by atoms with Crippen LogP contribution in [0.15, 0.2) is 16.9 Å². The van der Waals surface area contributed by atoms with E-state index in [9.17, 15) is 9.59 Å². The zero-order valence-corrected chi connectivity index (χ0v) is 18.5. The number of ether oxygens (including phenoxy) is 3. The number of methoxy groups -OCH3 is 3. The van der Waals surface area contributed by atoms with Crippen LogP contribution in [0.1, 0.15) is 28.2 Å². The Morgan fingerprint density at radius 1 is 1.13 bits per heavy atom. The zero-order valence-electron chi connectivity index (χ0n) is 17.7. The van der Waals surface area contributed by atoms with Gasteiger partial charge in [0, 0.05) is 24.3 Å². The van der Waals surface area contributed by atoms with Crippen LogP contribution >= 0.6 is 11.3 Å². The Kier molecular flexibility index (Phi) is 6.61. The van der Waals surface area contributed by atoms with Gasteiger partial charge in [-0.15, -0.1) is 11.3 Å². The minimum Gasteiger partial charge on any atom is -0.493 e. The number of nitrogens with one attached hydrogen (secondary N) is 2. The Balaban J connectivity index is 1.64. The van der Waals surface area contributed by atoms with Crippen LogP contribution < -0.4 is 25.1 Å². The van der Waals surface area contributed by atoms with Gasteiger partial charge in [0.1, 0.15) is 10.7 Å². The molecule has 8 nitrogen and oxygen atoms in total. The summed E-state index contributed by atoms with van der Waals surface area (Å²) in [7, 11) is 4.62. The highest BCUT2D eigenvalue weighted by atomic mass is 32.1. The van der Waals surface area contributed by atoms with Crippen molar-refractivity contribution in [1.82, 2.24) is 15.3 Å². The second-order valence-corrected chi connectivity index (χ2v) is 7.99. The van der Waals surface area contributed by atoms with Gasteiger partial charge in [-0.05, 0) is 37.1 Å². The highest BCUT2D eigenvalue weighted by Gasteiger charge is 2.15. The third kappa shape index (κ3) is 4.40. The van der Waals surface area contributed by atoms with Crippen molar-refractivity contribution in [3.05, 3.63) is 44.3 Å². The van der Waals surface area contributed by atoms with Crippen LogP contribution in [0.25, 0.3) is 10.2 Å². The molecule has 3 rings (SSSR count). The highest BCUT2D eigenvalue weighted by Crippen LogP contribution is 2.38. The van der Waals surface area contributed by atoms with Crippen LogP contribution in [-0.2, 0) is 17.8 Å². The Morgan fingerprint density at radius 2 is 1.80 bits per heavy atom. The number of nitrogens with zero attached hydrogens (tertiary/aromatic N) is 1. The average Bonchev–Trinajstić information content (AvgIpc) is 3.03. The minimum atomic E-state index is -0.158. The monoisotopic (exact) mass is 431 g/mol. The number of fused-ring (bicyclic) bond motifs is 1. The Hall–Kier alpha value is -3.07. The smallest absolute Gasteiger partial charge is 0.259 e. The van der Waals surface area contributed by atoms with Gasteiger partial charge in [-0.1, -0.05) is 0 Å². The predicted octanol–water partition coefficient (Wildman–Crippen LogP) is 2.88. The maximum atomic E-state index is 12.3. The van der Waals surface area contributed by atoms with E-state index < -0.39 is 0 Å². The van der Waals surface area contributed by atoms with E-state index in [0.717, 1.165) is 16.0 Å². The number of aryl methyl sites for hydroxylation is 3. The normalized spacial score (nSPS) is 10.8. The first-order chi connectivity index (χ1) is 14.4. The van der Waals surface area contributed by atoms with E-state index in [1.807, 2.05) is 13.8 Å². The number of aromatic nitrogens is 2. The first kappa shape index (κ1) is 21.6. The molecule has 2 aromatic heterocycles. The molecule has 3 aromatic rings. The number of hydrogen-bond donors (Lipinski definition) is 2. The number of carbonyl (C=O) groups is 1. The molecule has 0 aliphatic heterocycles. The summed E-state index contributed by atoms with van der Waals surface area (Å²) in [6, 6.07) is 3.58. The molecule has 0 bridgehead atoms. The van der Waals surface area contributed by atoms with Gasteiger partial charge in [-0.3, -0.25) is 9.59 Å². The number of carbonyl (C=O) groups excluding carboxylic acids is 1. The molecule has 160 valence electrons. The fraction of sp³-hybridized carbons (Fsp3) is 0.381. The Labute approximate surface area is 178 Å². The molecule has 0 spiro atoms. The molecule has 0 aliphatic carbocycles. The molecule has 30 heavy (non-hydrogen) atoms. The summed E-state index contributed by atoms with van der Waals surface area (Å²) >= 11 is 1.49. The molecule has 0 saturated heterocycles. The third-order valence-electron chi connectivity index (χ3n) is 4.89. The number of thiophene rings is 1. The van der Waals surface area contributed by atoms with E-state index in [2.05, 4.69) is 15.3 Å². The minimum absolute atomic E-state index is 0.148. The standard InChI is InChI=1S/C21H25N3O5S/c1-11-12(2)30-21-18(11)20(26)23-16(24-21)6-7-17(25)22-10-13-8-14(27-3)19(29-5)15(9-13)28-4/h8-9H,6-7,10H2,1-5H3,(H,22,25)(H,23,24,26). The summed E-state index contributed by atoms with van der Waals surface area (Å²) in [6.45, 7) is 4.20. The molecular weight excluding hydrogens is 406 g/mol. The lowest BCUT2D eigenvalue weighted by Crippen LogP contribution is -2.24. The van der Waals surface area contributed by atoms with Crippen molar-refractivity contribution in [3.8, 4) is 17.2 Å². The Bertz CT molecular complexity index is 1110. The van der Waals surface area contributed by atoms with Crippen LogP contribution in [-0.4, -0.2) is 37.2 Å². The second-order valence-electron chi connectivity index (χ2n) is 6.79. The number of aromatic amines is 1. The van der Waals surface area contributed by atoms with Gasteiger partial charge in [0.25, 0.3) is 5.56 Å². The van der Waals surface area contributed by atoms with Gasteiger partial charge in [0.15, 0.2) is 11.5 Å². The van der Waals surface area contributed by atoms with Crippen LogP contribution in [0.4, 0.5) is 0 Å². The Morgan fingerprint density at radius 3 is 2.40 bits per heavy atom. The van der Waals surface area contributed by atoms with Gasteiger partial charge in [0.2, 0.25) is 11.7 Å². The van der Waals surface area contributed by atoms with Crippen molar-refractivity contribution in [2.75, 3.05) is 21.3 Å². The van der Waals surface area contributed by atoms with Crippen LogP contribution in [0.3, 0.4) is 0 Å². The second kappa shape index (κ2) is 9.17. The van der Waals surface area contributed by atoms with Gasteiger partial charge in [0.05, 0.1) is 26.7 Å². The molecule has 2 heterocycles. The first-order valence-electron chi connectivity index (χ1n) is 9.42. The number of hydrogen-bond acceptors (Lipinski definition) is 7. The molecule has 1 amide bonds. The van der Waals surface area contributed by atoms with E-state index in [0.29, 0.717) is 46.3 Å². The van der Waals surface area contributed by atoms with Crippen molar-refractivity contribution in [1.29, 1.82) is 0 Å². The molecule has 1 aromatic carbocycles. The summed E-state index contributed by atoms with van der Waals surface area (Å²) in [4.78, 5) is 33.7. The van der Waals surface area contributed by atoms with E-state index in [-0.39, 0.29) is 17.9 Å². The molecule has 0 unspecified atom stereocenters. The lowest BCUT2D eigenvalue weighted by Gasteiger charge is -2.14. The third-order valence-corrected chi connectivity index (χ3v) is 5.99. The summed E-state index contributed by atoms with van der Waals surface area (Å²) in [5.41, 5.74) is 1.61. The zero-order chi connectivity index (χ0) is 21.8. The molecule has 0 radical (unpaired) electrons. The average molecular weight is 432 g/mol. The molecular formula is C21H25N3O5S. The number of H-pyrrole nitrogens is 1. The van der Waals surface area contributed by atoms with Crippen molar-refractivity contribution < 1.29 is 19.0 Å². The van der Waals surface area contributed by atoms with E-state index in [1.54, 1.807) is 26.4 Å². The van der Waals surface area contributed by atoms with E-state index >= 15 is 0 Å². The van der Waals surface area contributed by atoms with Gasteiger partial charge in [-0.2, -0.15) is 0 Å². The molecule has 0 atom stereocenters. The summed E-state index contributed by atoms with van der Waals surface area (Å²) in [5.74, 6) is 1.91.